The number of nitrogens with zero attached hydrogens (tertiary/aromatic N) is 3. The first kappa shape index (κ1) is 21.5. The van der Waals surface area contributed by atoms with E-state index in [9.17, 15) is 9.59 Å². The number of rotatable bonds is 6. The van der Waals surface area contributed by atoms with Crippen molar-refractivity contribution < 1.29 is 14.3 Å². The molecule has 1 saturated heterocycles. The largest absolute Gasteiger partial charge is 0.481 e. The van der Waals surface area contributed by atoms with E-state index in [1.807, 2.05) is 29.2 Å². The van der Waals surface area contributed by atoms with Gasteiger partial charge >= 0.3 is 0 Å². The Labute approximate surface area is 177 Å². The van der Waals surface area contributed by atoms with Gasteiger partial charge in [-0.25, -0.2) is 0 Å². The lowest BCUT2D eigenvalue weighted by Crippen LogP contribution is -2.42. The normalized spacial score (nSPS) is 15.7. The van der Waals surface area contributed by atoms with E-state index < -0.39 is 6.10 Å². The molecule has 0 aromatic heterocycles. The quantitative estimate of drug-likeness (QED) is 0.690. The van der Waals surface area contributed by atoms with E-state index in [4.69, 9.17) is 10.00 Å². The molecule has 1 amide bonds. The maximum absolute atomic E-state index is 12.9. The zero-order chi connectivity index (χ0) is 21.5. The van der Waals surface area contributed by atoms with Gasteiger partial charge in [-0.05, 0) is 50.1 Å². The SMILES string of the molecule is CC(=O)c1cccc(OC(C)C(=O)N2CCCN(Cc3ccc(C#N)cc3)CC2)c1. The van der Waals surface area contributed by atoms with E-state index >= 15 is 0 Å². The Balaban J connectivity index is 1.54. The second-order valence-corrected chi connectivity index (χ2v) is 7.61. The van der Waals surface area contributed by atoms with Gasteiger partial charge in [-0.3, -0.25) is 14.5 Å². The van der Waals surface area contributed by atoms with Crippen molar-refractivity contribution in [3.63, 3.8) is 0 Å². The lowest BCUT2D eigenvalue weighted by molar-refractivity contribution is -0.137. The highest BCUT2D eigenvalue weighted by Crippen LogP contribution is 2.17. The third-order valence-corrected chi connectivity index (χ3v) is 5.29. The molecule has 3 rings (SSSR count). The summed E-state index contributed by atoms with van der Waals surface area (Å²) in [4.78, 5) is 28.6. The molecule has 30 heavy (non-hydrogen) atoms. The molecule has 1 aliphatic rings. The lowest BCUT2D eigenvalue weighted by atomic mass is 10.1. The summed E-state index contributed by atoms with van der Waals surface area (Å²) < 4.78 is 5.82. The minimum absolute atomic E-state index is 0.0331. The van der Waals surface area contributed by atoms with Gasteiger partial charge in [0, 0.05) is 38.3 Å². The van der Waals surface area contributed by atoms with Crippen molar-refractivity contribution in [1.82, 2.24) is 9.80 Å². The van der Waals surface area contributed by atoms with Crippen LogP contribution in [-0.2, 0) is 11.3 Å². The fourth-order valence-electron chi connectivity index (χ4n) is 3.59. The Morgan fingerprint density at radius 1 is 1.10 bits per heavy atom. The zero-order valence-electron chi connectivity index (χ0n) is 17.5. The van der Waals surface area contributed by atoms with E-state index in [1.165, 1.54) is 6.92 Å². The van der Waals surface area contributed by atoms with Gasteiger partial charge in [0.25, 0.3) is 5.91 Å². The Hall–Kier alpha value is -3.17. The molecule has 1 unspecified atom stereocenters. The van der Waals surface area contributed by atoms with Crippen molar-refractivity contribution in [3.05, 3.63) is 65.2 Å². The minimum atomic E-state index is -0.614. The van der Waals surface area contributed by atoms with E-state index in [2.05, 4.69) is 11.0 Å². The first-order valence-corrected chi connectivity index (χ1v) is 10.2. The van der Waals surface area contributed by atoms with Gasteiger partial charge in [0.05, 0.1) is 11.6 Å². The molecule has 2 aromatic carbocycles. The Kier molecular flexibility index (Phi) is 7.21. The van der Waals surface area contributed by atoms with Crippen LogP contribution in [-0.4, -0.2) is 53.8 Å². The van der Waals surface area contributed by atoms with Crippen molar-refractivity contribution in [1.29, 1.82) is 5.26 Å². The molecule has 6 heteroatoms. The predicted octanol–water partition coefficient (Wildman–Crippen LogP) is 3.26. The van der Waals surface area contributed by atoms with Crippen LogP contribution in [0.25, 0.3) is 0 Å². The number of benzene rings is 2. The summed E-state index contributed by atoms with van der Waals surface area (Å²) in [6.45, 7) is 7.12. The molecule has 156 valence electrons. The van der Waals surface area contributed by atoms with Crippen molar-refractivity contribution in [3.8, 4) is 11.8 Å². The monoisotopic (exact) mass is 405 g/mol. The summed E-state index contributed by atoms with van der Waals surface area (Å²) in [5, 5.41) is 8.92. The highest BCUT2D eigenvalue weighted by molar-refractivity contribution is 5.94. The summed E-state index contributed by atoms with van der Waals surface area (Å²) in [7, 11) is 0. The van der Waals surface area contributed by atoms with Gasteiger partial charge in [0.2, 0.25) is 0 Å². The molecule has 0 radical (unpaired) electrons. The zero-order valence-corrected chi connectivity index (χ0v) is 17.5. The van der Waals surface area contributed by atoms with Crippen molar-refractivity contribution >= 4 is 11.7 Å². The molecule has 1 atom stereocenters. The number of Topliss-reactive ketones (excluding diaryl/α,β-unsaturated/α-hetero) is 1. The molecule has 0 saturated carbocycles. The van der Waals surface area contributed by atoms with Crippen LogP contribution in [0.3, 0.4) is 0 Å². The molecule has 0 bridgehead atoms. The number of amides is 1. The van der Waals surface area contributed by atoms with Crippen LogP contribution in [0.2, 0.25) is 0 Å². The number of ketones is 1. The number of hydrogen-bond acceptors (Lipinski definition) is 5. The summed E-state index contributed by atoms with van der Waals surface area (Å²) in [6, 6.07) is 16.7. The maximum atomic E-state index is 12.9. The van der Waals surface area contributed by atoms with Crippen molar-refractivity contribution in [2.24, 2.45) is 0 Å². The van der Waals surface area contributed by atoms with Crippen molar-refractivity contribution in [2.75, 3.05) is 26.2 Å². The number of nitriles is 1. The van der Waals surface area contributed by atoms with Crippen LogP contribution in [0.15, 0.2) is 48.5 Å². The van der Waals surface area contributed by atoms with Gasteiger partial charge < -0.3 is 9.64 Å². The third kappa shape index (κ3) is 5.68. The van der Waals surface area contributed by atoms with E-state index in [0.717, 1.165) is 31.6 Å². The average Bonchev–Trinajstić information content (AvgIpc) is 2.99. The fourth-order valence-corrected chi connectivity index (χ4v) is 3.59. The van der Waals surface area contributed by atoms with Crippen LogP contribution in [0.4, 0.5) is 0 Å². The molecule has 0 spiro atoms. The van der Waals surface area contributed by atoms with Crippen LogP contribution in [0.1, 0.15) is 41.8 Å². The first-order valence-electron chi connectivity index (χ1n) is 10.2. The molecular formula is C24H27N3O3. The first-order chi connectivity index (χ1) is 14.5. The van der Waals surface area contributed by atoms with E-state index in [-0.39, 0.29) is 11.7 Å². The topological polar surface area (TPSA) is 73.6 Å². The standard InChI is InChI=1S/C24H27N3O3/c1-18(28)22-5-3-6-23(15-22)30-19(2)24(29)27-12-4-11-26(13-14-27)17-21-9-7-20(16-25)8-10-21/h3,5-10,15,19H,4,11-14,17H2,1-2H3. The van der Waals surface area contributed by atoms with Gasteiger partial charge in [-0.2, -0.15) is 5.26 Å². The van der Waals surface area contributed by atoms with Gasteiger partial charge in [0.15, 0.2) is 11.9 Å². The highest BCUT2D eigenvalue weighted by Gasteiger charge is 2.24. The van der Waals surface area contributed by atoms with E-state index in [1.54, 1.807) is 31.2 Å². The maximum Gasteiger partial charge on any atom is 0.263 e. The van der Waals surface area contributed by atoms with Crippen LogP contribution in [0, 0.1) is 11.3 Å². The van der Waals surface area contributed by atoms with Crippen LogP contribution >= 0.6 is 0 Å². The molecule has 6 nitrogen and oxygen atoms in total. The van der Waals surface area contributed by atoms with Gasteiger partial charge in [-0.15, -0.1) is 0 Å². The average molecular weight is 405 g/mol. The second kappa shape index (κ2) is 10.0. The summed E-state index contributed by atoms with van der Waals surface area (Å²) >= 11 is 0. The molecule has 1 fully saturated rings. The number of ether oxygens (including phenoxy) is 1. The minimum Gasteiger partial charge on any atom is -0.481 e. The van der Waals surface area contributed by atoms with Crippen molar-refractivity contribution in [2.45, 2.75) is 32.9 Å². The summed E-state index contributed by atoms with van der Waals surface area (Å²) in [5.41, 5.74) is 2.39. The predicted molar refractivity (Wildman–Crippen MR) is 114 cm³/mol. The second-order valence-electron chi connectivity index (χ2n) is 7.61. The molecule has 1 heterocycles. The van der Waals surface area contributed by atoms with E-state index in [0.29, 0.717) is 30.0 Å². The Morgan fingerprint density at radius 2 is 1.87 bits per heavy atom. The molecule has 0 aliphatic carbocycles. The van der Waals surface area contributed by atoms with Gasteiger partial charge in [0.1, 0.15) is 5.75 Å². The molecule has 0 N–H and O–H groups in total. The molecule has 1 aliphatic heterocycles. The number of carbonyl (C=O) groups is 2. The highest BCUT2D eigenvalue weighted by atomic mass is 16.5. The molecule has 2 aromatic rings. The van der Waals surface area contributed by atoms with Crippen LogP contribution < -0.4 is 4.74 Å². The smallest absolute Gasteiger partial charge is 0.263 e. The molecular weight excluding hydrogens is 378 g/mol. The fraction of sp³-hybridized carbons (Fsp3) is 0.375. The third-order valence-electron chi connectivity index (χ3n) is 5.29. The van der Waals surface area contributed by atoms with Gasteiger partial charge in [-0.1, -0.05) is 24.3 Å². The Bertz CT molecular complexity index is 933. The Morgan fingerprint density at radius 3 is 2.57 bits per heavy atom. The summed E-state index contributed by atoms with van der Waals surface area (Å²) in [6.07, 6.45) is 0.284. The summed E-state index contributed by atoms with van der Waals surface area (Å²) in [5.74, 6) is 0.457. The number of carbonyl (C=O) groups excluding carboxylic acids is 2. The number of hydrogen-bond donors (Lipinski definition) is 0. The lowest BCUT2D eigenvalue weighted by Gasteiger charge is -2.25. The van der Waals surface area contributed by atoms with Crippen LogP contribution in [0.5, 0.6) is 5.75 Å².